The Balaban J connectivity index is 1.71. The lowest BCUT2D eigenvalue weighted by molar-refractivity contribution is 0.0963. The summed E-state index contributed by atoms with van der Waals surface area (Å²) in [6.45, 7) is 0.712. The molecular formula is C20H23N3O3. The van der Waals surface area contributed by atoms with Gasteiger partial charge in [0, 0.05) is 24.8 Å². The maximum absolute atomic E-state index is 12.7. The molecular weight excluding hydrogens is 330 g/mol. The Hall–Kier alpha value is -3.02. The molecule has 0 bridgehead atoms. The average molecular weight is 353 g/mol. The fourth-order valence-electron chi connectivity index (χ4n) is 3.25. The topological polar surface area (TPSA) is 70.7 Å². The SMILES string of the molecule is CNC(=O)c1ccc(NC(=O)N2CCC[C@H]2c2cccc(OC)c2)cc1. The number of ether oxygens (including phenoxy) is 1. The molecule has 2 aromatic carbocycles. The summed E-state index contributed by atoms with van der Waals surface area (Å²) in [4.78, 5) is 26.2. The van der Waals surface area contributed by atoms with Crippen LogP contribution in [0.1, 0.15) is 34.8 Å². The molecule has 1 aliphatic heterocycles. The zero-order chi connectivity index (χ0) is 18.5. The lowest BCUT2D eigenvalue weighted by Crippen LogP contribution is -2.34. The molecule has 0 saturated carbocycles. The minimum atomic E-state index is -0.152. The molecule has 6 nitrogen and oxygen atoms in total. The molecule has 1 fully saturated rings. The molecule has 0 aromatic heterocycles. The van der Waals surface area contributed by atoms with Gasteiger partial charge in [0.2, 0.25) is 0 Å². The third-order valence-corrected chi connectivity index (χ3v) is 4.62. The van der Waals surface area contributed by atoms with E-state index in [1.165, 1.54) is 0 Å². The zero-order valence-corrected chi connectivity index (χ0v) is 15.0. The smallest absolute Gasteiger partial charge is 0.322 e. The maximum Gasteiger partial charge on any atom is 0.322 e. The molecule has 0 aliphatic carbocycles. The Morgan fingerprint density at radius 2 is 1.92 bits per heavy atom. The van der Waals surface area contributed by atoms with Gasteiger partial charge >= 0.3 is 6.03 Å². The molecule has 1 saturated heterocycles. The Kier molecular flexibility index (Phi) is 5.41. The highest BCUT2D eigenvalue weighted by Crippen LogP contribution is 2.33. The standard InChI is InChI=1S/C20H23N3O3/c1-21-19(24)14-8-10-16(11-9-14)22-20(25)23-12-4-7-18(23)15-5-3-6-17(13-15)26-2/h3,5-6,8-11,13,18H,4,7,12H2,1-2H3,(H,21,24)(H,22,25)/t18-/m0/s1. The van der Waals surface area contributed by atoms with Crippen LogP contribution in [0.5, 0.6) is 5.75 Å². The van der Waals surface area contributed by atoms with Crippen molar-refractivity contribution in [3.05, 3.63) is 59.7 Å². The average Bonchev–Trinajstić information content (AvgIpc) is 3.18. The monoisotopic (exact) mass is 353 g/mol. The van der Waals surface area contributed by atoms with Crippen LogP contribution in [-0.4, -0.2) is 37.5 Å². The van der Waals surface area contributed by atoms with Gasteiger partial charge in [0.25, 0.3) is 5.91 Å². The van der Waals surface area contributed by atoms with Crippen LogP contribution in [0, 0.1) is 0 Å². The number of urea groups is 1. The minimum absolute atomic E-state index is 0.0373. The van der Waals surface area contributed by atoms with Crippen molar-refractivity contribution in [3.8, 4) is 5.75 Å². The van der Waals surface area contributed by atoms with E-state index >= 15 is 0 Å². The van der Waals surface area contributed by atoms with E-state index in [1.807, 2.05) is 29.2 Å². The zero-order valence-electron chi connectivity index (χ0n) is 15.0. The van der Waals surface area contributed by atoms with Crippen molar-refractivity contribution in [1.82, 2.24) is 10.2 Å². The summed E-state index contributed by atoms with van der Waals surface area (Å²) in [5, 5.41) is 5.50. The summed E-state index contributed by atoms with van der Waals surface area (Å²) in [7, 11) is 3.23. The first kappa shape index (κ1) is 17.8. The van der Waals surface area contributed by atoms with Crippen molar-refractivity contribution in [1.29, 1.82) is 0 Å². The lowest BCUT2D eigenvalue weighted by atomic mass is 10.0. The summed E-state index contributed by atoms with van der Waals surface area (Å²) in [6.07, 6.45) is 1.89. The highest BCUT2D eigenvalue weighted by atomic mass is 16.5. The fourth-order valence-corrected chi connectivity index (χ4v) is 3.25. The number of carbonyl (C=O) groups excluding carboxylic acids is 2. The van der Waals surface area contributed by atoms with E-state index in [-0.39, 0.29) is 18.0 Å². The number of hydrogen-bond acceptors (Lipinski definition) is 3. The van der Waals surface area contributed by atoms with E-state index in [9.17, 15) is 9.59 Å². The van der Waals surface area contributed by atoms with Crippen LogP contribution in [0.15, 0.2) is 48.5 Å². The summed E-state index contributed by atoms with van der Waals surface area (Å²) in [5.74, 6) is 0.639. The van der Waals surface area contributed by atoms with Crippen molar-refractivity contribution < 1.29 is 14.3 Å². The second kappa shape index (κ2) is 7.91. The van der Waals surface area contributed by atoms with Crippen LogP contribution in [0.4, 0.5) is 10.5 Å². The van der Waals surface area contributed by atoms with E-state index in [0.29, 0.717) is 17.8 Å². The summed E-state index contributed by atoms with van der Waals surface area (Å²) < 4.78 is 5.29. The molecule has 3 amide bonds. The summed E-state index contributed by atoms with van der Waals surface area (Å²) in [6, 6.07) is 14.6. The number of methoxy groups -OCH3 is 1. The third kappa shape index (κ3) is 3.79. The molecule has 136 valence electrons. The van der Waals surface area contributed by atoms with Crippen molar-refractivity contribution in [2.45, 2.75) is 18.9 Å². The number of anilines is 1. The Morgan fingerprint density at radius 1 is 1.15 bits per heavy atom. The molecule has 0 spiro atoms. The predicted molar refractivity (Wildman–Crippen MR) is 101 cm³/mol. The highest BCUT2D eigenvalue weighted by molar-refractivity contribution is 5.95. The van der Waals surface area contributed by atoms with Gasteiger partial charge in [0.05, 0.1) is 13.2 Å². The van der Waals surface area contributed by atoms with Crippen LogP contribution >= 0.6 is 0 Å². The Morgan fingerprint density at radius 3 is 2.62 bits per heavy atom. The molecule has 6 heteroatoms. The number of nitrogens with one attached hydrogen (secondary N) is 2. The Labute approximate surface area is 153 Å². The molecule has 1 aliphatic rings. The van der Waals surface area contributed by atoms with Crippen LogP contribution < -0.4 is 15.4 Å². The molecule has 1 atom stereocenters. The molecule has 1 heterocycles. The summed E-state index contributed by atoms with van der Waals surface area (Å²) in [5.41, 5.74) is 2.30. The molecule has 0 unspecified atom stereocenters. The van der Waals surface area contributed by atoms with Gasteiger partial charge in [-0.05, 0) is 54.8 Å². The predicted octanol–water partition coefficient (Wildman–Crippen LogP) is 3.42. The van der Waals surface area contributed by atoms with Crippen molar-refractivity contribution in [2.75, 3.05) is 26.0 Å². The quantitative estimate of drug-likeness (QED) is 0.885. The Bertz CT molecular complexity index is 789. The van der Waals surface area contributed by atoms with E-state index in [0.717, 1.165) is 24.2 Å². The van der Waals surface area contributed by atoms with E-state index in [2.05, 4.69) is 10.6 Å². The normalized spacial score (nSPS) is 16.2. The fraction of sp³-hybridized carbons (Fsp3) is 0.300. The molecule has 3 rings (SSSR count). The van der Waals surface area contributed by atoms with Crippen LogP contribution in [0.2, 0.25) is 0 Å². The first-order valence-corrected chi connectivity index (χ1v) is 8.66. The highest BCUT2D eigenvalue weighted by Gasteiger charge is 2.30. The van der Waals surface area contributed by atoms with Crippen molar-refractivity contribution in [2.24, 2.45) is 0 Å². The van der Waals surface area contributed by atoms with Gasteiger partial charge in [0.15, 0.2) is 0 Å². The maximum atomic E-state index is 12.7. The third-order valence-electron chi connectivity index (χ3n) is 4.62. The van der Waals surface area contributed by atoms with Gasteiger partial charge in [-0.25, -0.2) is 4.79 Å². The van der Waals surface area contributed by atoms with Gasteiger partial charge < -0.3 is 20.3 Å². The minimum Gasteiger partial charge on any atom is -0.497 e. The van der Waals surface area contributed by atoms with Gasteiger partial charge in [-0.3, -0.25) is 4.79 Å². The number of amides is 3. The van der Waals surface area contributed by atoms with Crippen LogP contribution in [0.25, 0.3) is 0 Å². The number of hydrogen-bond donors (Lipinski definition) is 2. The molecule has 2 N–H and O–H groups in total. The van der Waals surface area contributed by atoms with Gasteiger partial charge in [-0.2, -0.15) is 0 Å². The first-order chi connectivity index (χ1) is 12.6. The van der Waals surface area contributed by atoms with Crippen LogP contribution in [-0.2, 0) is 0 Å². The lowest BCUT2D eigenvalue weighted by Gasteiger charge is -2.25. The van der Waals surface area contributed by atoms with Gasteiger partial charge in [0.1, 0.15) is 5.75 Å². The van der Waals surface area contributed by atoms with E-state index in [1.54, 1.807) is 38.4 Å². The molecule has 26 heavy (non-hydrogen) atoms. The summed E-state index contributed by atoms with van der Waals surface area (Å²) >= 11 is 0. The largest absolute Gasteiger partial charge is 0.497 e. The molecule has 2 aromatic rings. The van der Waals surface area contributed by atoms with Crippen molar-refractivity contribution >= 4 is 17.6 Å². The van der Waals surface area contributed by atoms with Gasteiger partial charge in [-0.15, -0.1) is 0 Å². The van der Waals surface area contributed by atoms with Crippen molar-refractivity contribution in [3.63, 3.8) is 0 Å². The second-order valence-electron chi connectivity index (χ2n) is 6.21. The number of rotatable bonds is 4. The van der Waals surface area contributed by atoms with E-state index < -0.39 is 0 Å². The van der Waals surface area contributed by atoms with Crippen LogP contribution in [0.3, 0.4) is 0 Å². The number of nitrogens with zero attached hydrogens (tertiary/aromatic N) is 1. The molecule has 0 radical (unpaired) electrons. The number of carbonyl (C=O) groups is 2. The first-order valence-electron chi connectivity index (χ1n) is 8.66. The number of benzene rings is 2. The number of likely N-dealkylation sites (tertiary alicyclic amines) is 1. The van der Waals surface area contributed by atoms with E-state index in [4.69, 9.17) is 4.74 Å². The second-order valence-corrected chi connectivity index (χ2v) is 6.21. The van der Waals surface area contributed by atoms with Gasteiger partial charge in [-0.1, -0.05) is 12.1 Å².